The summed E-state index contributed by atoms with van der Waals surface area (Å²) in [4.78, 5) is 23.9. The molecule has 1 aromatic heterocycles. The van der Waals surface area contributed by atoms with Crippen molar-refractivity contribution in [2.75, 3.05) is 17.2 Å². The first-order valence-electron chi connectivity index (χ1n) is 12.6. The third-order valence-electron chi connectivity index (χ3n) is 6.31. The quantitative estimate of drug-likeness (QED) is 0.265. The van der Waals surface area contributed by atoms with Crippen molar-refractivity contribution in [1.29, 1.82) is 0 Å². The summed E-state index contributed by atoms with van der Waals surface area (Å²) in [6.45, 7) is 4.97. The highest BCUT2D eigenvalue weighted by Gasteiger charge is 2.31. The average molecular weight is 566 g/mol. The molecule has 1 aliphatic heterocycles. The number of amides is 1. The van der Waals surface area contributed by atoms with Crippen LogP contribution in [0.2, 0.25) is 0 Å². The molecule has 206 valence electrons. The van der Waals surface area contributed by atoms with Gasteiger partial charge in [-0.2, -0.15) is 4.99 Å². The summed E-state index contributed by atoms with van der Waals surface area (Å²) in [6, 6.07) is 18.9. The summed E-state index contributed by atoms with van der Waals surface area (Å²) < 4.78 is 42.5. The fourth-order valence-electron chi connectivity index (χ4n) is 4.50. The van der Waals surface area contributed by atoms with E-state index in [1.54, 1.807) is 11.8 Å². The number of benzene rings is 3. The fraction of sp³-hybridized carbons (Fsp3) is 0.241. The van der Waals surface area contributed by atoms with Gasteiger partial charge in [-0.1, -0.05) is 54.2 Å². The van der Waals surface area contributed by atoms with E-state index in [1.807, 2.05) is 30.3 Å². The molecule has 0 atom stereocenters. The molecule has 2 heterocycles. The van der Waals surface area contributed by atoms with E-state index in [2.05, 4.69) is 50.7 Å². The number of anilines is 1. The number of amidine groups is 1. The largest absolute Gasteiger partial charge is 0.573 e. The van der Waals surface area contributed by atoms with Crippen LogP contribution >= 0.6 is 11.8 Å². The zero-order chi connectivity index (χ0) is 28.3. The van der Waals surface area contributed by atoms with Crippen LogP contribution in [0.5, 0.6) is 5.75 Å². The van der Waals surface area contributed by atoms with Gasteiger partial charge in [-0.3, -0.25) is 4.79 Å². The van der Waals surface area contributed by atoms with Crippen molar-refractivity contribution in [2.45, 2.75) is 33.1 Å². The Bertz CT molecular complexity index is 1510. The number of carbonyl (C=O) groups excluding carboxylic acids is 1. The Morgan fingerprint density at radius 2 is 1.73 bits per heavy atom. The Morgan fingerprint density at radius 1 is 1.02 bits per heavy atom. The Balaban J connectivity index is 1.26. The fourth-order valence-corrected chi connectivity index (χ4v) is 5.46. The van der Waals surface area contributed by atoms with Crippen LogP contribution in [-0.2, 0) is 11.2 Å². The van der Waals surface area contributed by atoms with Gasteiger partial charge in [-0.05, 0) is 61.2 Å². The maximum absolute atomic E-state index is 12.9. The molecule has 40 heavy (non-hydrogen) atoms. The van der Waals surface area contributed by atoms with Gasteiger partial charge < -0.3 is 9.64 Å². The third-order valence-corrected chi connectivity index (χ3v) is 7.37. The second-order valence-corrected chi connectivity index (χ2v) is 10.4. The number of ether oxygens (including phenoxy) is 1. The molecule has 0 bridgehead atoms. The number of hydrogen-bond donors (Lipinski definition) is 0. The number of thioether (sulfide) groups is 1. The van der Waals surface area contributed by atoms with Gasteiger partial charge in [0.15, 0.2) is 11.0 Å². The Kier molecular flexibility index (Phi) is 7.92. The van der Waals surface area contributed by atoms with Gasteiger partial charge in [0.2, 0.25) is 0 Å². The minimum absolute atomic E-state index is 0.166. The van der Waals surface area contributed by atoms with Gasteiger partial charge in [-0.25, -0.2) is 9.67 Å². The molecule has 1 fully saturated rings. The van der Waals surface area contributed by atoms with Gasteiger partial charge in [0.25, 0.3) is 5.91 Å². The molecule has 7 nitrogen and oxygen atoms in total. The van der Waals surface area contributed by atoms with Crippen molar-refractivity contribution in [3.63, 3.8) is 0 Å². The first-order valence-corrected chi connectivity index (χ1v) is 13.6. The van der Waals surface area contributed by atoms with Gasteiger partial charge in [0.05, 0.1) is 12.1 Å². The lowest BCUT2D eigenvalue weighted by Crippen LogP contribution is -2.35. The van der Waals surface area contributed by atoms with Crippen molar-refractivity contribution in [3.05, 3.63) is 89.7 Å². The summed E-state index contributed by atoms with van der Waals surface area (Å²) in [6.07, 6.45) is -2.08. The van der Waals surface area contributed by atoms with Crippen molar-refractivity contribution in [3.8, 4) is 22.8 Å². The van der Waals surface area contributed by atoms with Crippen molar-refractivity contribution < 1.29 is 22.7 Å². The first-order chi connectivity index (χ1) is 19.2. The third kappa shape index (κ3) is 6.53. The summed E-state index contributed by atoms with van der Waals surface area (Å²) >= 11 is 1.60. The van der Waals surface area contributed by atoms with E-state index in [-0.39, 0.29) is 18.1 Å². The number of aryl methyl sites for hydroxylation is 2. The number of carbonyl (C=O) groups is 1. The zero-order valence-corrected chi connectivity index (χ0v) is 22.7. The smallest absolute Gasteiger partial charge is 0.406 e. The van der Waals surface area contributed by atoms with Crippen LogP contribution in [0.4, 0.5) is 18.9 Å². The van der Waals surface area contributed by atoms with Gasteiger partial charge in [-0.15, -0.1) is 18.3 Å². The minimum atomic E-state index is -4.75. The van der Waals surface area contributed by atoms with Crippen molar-refractivity contribution in [1.82, 2.24) is 14.8 Å². The number of aliphatic imine (C=N–C) groups is 1. The Morgan fingerprint density at radius 3 is 2.40 bits per heavy atom. The van der Waals surface area contributed by atoms with Crippen LogP contribution in [0.25, 0.3) is 17.1 Å². The monoisotopic (exact) mass is 565 g/mol. The van der Waals surface area contributed by atoms with E-state index in [4.69, 9.17) is 0 Å². The van der Waals surface area contributed by atoms with E-state index < -0.39 is 6.36 Å². The van der Waals surface area contributed by atoms with Crippen LogP contribution in [0, 0.1) is 13.8 Å². The van der Waals surface area contributed by atoms with Crippen LogP contribution in [0.3, 0.4) is 0 Å². The molecule has 0 spiro atoms. The maximum atomic E-state index is 12.9. The normalized spacial score (nSPS) is 14.9. The summed E-state index contributed by atoms with van der Waals surface area (Å²) in [5, 5.41) is 5.15. The second-order valence-electron chi connectivity index (χ2n) is 9.31. The summed E-state index contributed by atoms with van der Waals surface area (Å²) in [5.74, 6) is 0.838. The predicted octanol–water partition coefficient (Wildman–Crippen LogP) is 6.52. The van der Waals surface area contributed by atoms with E-state index in [1.165, 1.54) is 35.3 Å². The predicted molar refractivity (Wildman–Crippen MR) is 150 cm³/mol. The van der Waals surface area contributed by atoms with E-state index in [0.717, 1.165) is 51.8 Å². The van der Waals surface area contributed by atoms with Crippen LogP contribution in [0.15, 0.2) is 78.0 Å². The molecule has 0 saturated carbocycles. The lowest BCUT2D eigenvalue weighted by atomic mass is 10.1. The maximum Gasteiger partial charge on any atom is 0.573 e. The van der Waals surface area contributed by atoms with Crippen molar-refractivity contribution >= 4 is 28.5 Å². The lowest BCUT2D eigenvalue weighted by Gasteiger charge is -2.32. The molecule has 1 saturated heterocycles. The summed E-state index contributed by atoms with van der Waals surface area (Å²) in [7, 11) is 0. The molecule has 0 N–H and O–H groups in total. The van der Waals surface area contributed by atoms with E-state index >= 15 is 0 Å². The highest BCUT2D eigenvalue weighted by atomic mass is 32.2. The van der Waals surface area contributed by atoms with Gasteiger partial charge in [0, 0.05) is 23.5 Å². The first kappa shape index (κ1) is 27.4. The molecule has 4 aromatic rings. The van der Waals surface area contributed by atoms with Gasteiger partial charge in [0.1, 0.15) is 12.1 Å². The number of para-hydroxylation sites is 1. The molecular weight excluding hydrogens is 539 g/mol. The van der Waals surface area contributed by atoms with E-state index in [0.29, 0.717) is 11.5 Å². The summed E-state index contributed by atoms with van der Waals surface area (Å²) in [5.41, 5.74) is 5.51. The Hall–Kier alpha value is -4.12. The standard InChI is InChI=1S/C29H26F3N5O2S/c1-19-5-3-6-20(2)26(19)36-15-4-16-40-28(36)34-25(38)17-21-7-9-22(10-8-21)27-33-18-37(35-27)23-11-13-24(14-12-23)39-29(30,31)32/h3,5-14,18H,4,15-17H2,1-2H3. The molecular formula is C29H26F3N5O2S. The molecule has 0 aliphatic carbocycles. The number of nitrogens with zero attached hydrogens (tertiary/aromatic N) is 5. The zero-order valence-electron chi connectivity index (χ0n) is 21.9. The van der Waals surface area contributed by atoms with Gasteiger partial charge >= 0.3 is 6.36 Å². The number of aromatic nitrogens is 3. The highest BCUT2D eigenvalue weighted by molar-refractivity contribution is 8.14. The SMILES string of the molecule is Cc1cccc(C)c1N1CCCSC1=NC(=O)Cc1ccc(-c2ncn(-c3ccc(OC(F)(F)F)cc3)n2)cc1. The molecule has 0 unspecified atom stereocenters. The lowest BCUT2D eigenvalue weighted by molar-refractivity contribution is -0.274. The van der Waals surface area contributed by atoms with Crippen molar-refractivity contribution in [2.24, 2.45) is 4.99 Å². The number of rotatable bonds is 6. The van der Waals surface area contributed by atoms with E-state index in [9.17, 15) is 18.0 Å². The molecule has 5 rings (SSSR count). The average Bonchev–Trinajstić information content (AvgIpc) is 3.40. The minimum Gasteiger partial charge on any atom is -0.406 e. The highest BCUT2D eigenvalue weighted by Crippen LogP contribution is 2.31. The molecule has 1 amide bonds. The topological polar surface area (TPSA) is 72.6 Å². The molecule has 11 heteroatoms. The van der Waals surface area contributed by atoms with Crippen LogP contribution < -0.4 is 9.64 Å². The number of halogens is 3. The molecule has 0 radical (unpaired) electrons. The van der Waals surface area contributed by atoms with Crippen LogP contribution in [0.1, 0.15) is 23.1 Å². The number of alkyl halides is 3. The molecule has 3 aromatic carbocycles. The second kappa shape index (κ2) is 11.5. The molecule has 1 aliphatic rings. The van der Waals surface area contributed by atoms with Crippen LogP contribution in [-0.4, -0.2) is 44.5 Å². The Labute approximate surface area is 233 Å². The number of hydrogen-bond acceptors (Lipinski definition) is 5.